The first-order valence-electron chi connectivity index (χ1n) is 9.87. The van der Waals surface area contributed by atoms with Gasteiger partial charge in [-0.15, -0.1) is 0 Å². The van der Waals surface area contributed by atoms with Crippen LogP contribution in [0.5, 0.6) is 0 Å². The lowest BCUT2D eigenvalue weighted by Gasteiger charge is -2.09. The van der Waals surface area contributed by atoms with E-state index in [1.54, 1.807) is 0 Å². The van der Waals surface area contributed by atoms with Gasteiger partial charge in [-0.25, -0.2) is 9.59 Å². The zero-order chi connectivity index (χ0) is 19.8. The molecule has 0 heterocycles. The van der Waals surface area contributed by atoms with Crippen LogP contribution in [-0.4, -0.2) is 28.1 Å². The number of hydrogen-bond acceptors (Lipinski definition) is 3. The van der Waals surface area contributed by atoms with Gasteiger partial charge in [-0.1, -0.05) is 58.3 Å². The van der Waals surface area contributed by atoms with Gasteiger partial charge in [0.05, 0.1) is 0 Å². The second-order valence-electron chi connectivity index (χ2n) is 6.82. The van der Waals surface area contributed by atoms with Gasteiger partial charge in [0.1, 0.15) is 0 Å². The number of carbonyl (C=O) groups is 3. The van der Waals surface area contributed by atoms with Crippen molar-refractivity contribution in [1.29, 1.82) is 0 Å². The normalized spacial score (nSPS) is 11.9. The molecule has 0 unspecified atom stereocenters. The summed E-state index contributed by atoms with van der Waals surface area (Å²) in [4.78, 5) is 33.6. The Morgan fingerprint density at radius 3 is 1.31 bits per heavy atom. The summed E-state index contributed by atoms with van der Waals surface area (Å²) in [7, 11) is 0. The molecular weight excluding hydrogens is 334 g/mol. The van der Waals surface area contributed by atoms with Crippen LogP contribution >= 0.6 is 0 Å². The van der Waals surface area contributed by atoms with Gasteiger partial charge in [0.15, 0.2) is 0 Å². The topological polar surface area (TPSA) is 118 Å². The molecule has 1 amide bonds. The number of nitrogens with two attached hydrogens (primary N) is 1. The third-order valence-electron chi connectivity index (χ3n) is 4.51. The molecule has 0 saturated carbocycles. The molecule has 0 radical (unpaired) electrons. The monoisotopic (exact) mass is 369 g/mol. The first-order valence-corrected chi connectivity index (χ1v) is 9.87. The summed E-state index contributed by atoms with van der Waals surface area (Å²) >= 11 is 0. The molecular formula is C20H35NO5. The van der Waals surface area contributed by atoms with Gasteiger partial charge in [0, 0.05) is 17.6 Å². The summed E-state index contributed by atoms with van der Waals surface area (Å²) in [6.07, 6.45) is 11.1. The van der Waals surface area contributed by atoms with Crippen molar-refractivity contribution in [1.82, 2.24) is 0 Å². The second-order valence-corrected chi connectivity index (χ2v) is 6.82. The van der Waals surface area contributed by atoms with Gasteiger partial charge in [-0.3, -0.25) is 4.79 Å². The van der Waals surface area contributed by atoms with Crippen molar-refractivity contribution in [3.05, 3.63) is 11.1 Å². The van der Waals surface area contributed by atoms with Crippen molar-refractivity contribution >= 4 is 17.8 Å². The molecule has 0 aromatic carbocycles. The minimum absolute atomic E-state index is 0.0446. The van der Waals surface area contributed by atoms with Crippen molar-refractivity contribution in [2.24, 2.45) is 5.73 Å². The van der Waals surface area contributed by atoms with Crippen LogP contribution in [0.4, 0.5) is 0 Å². The van der Waals surface area contributed by atoms with E-state index >= 15 is 0 Å². The number of amides is 1. The average molecular weight is 370 g/mol. The molecule has 6 heteroatoms. The summed E-state index contributed by atoms with van der Waals surface area (Å²) in [6.45, 7) is 2.14. The highest BCUT2D eigenvalue weighted by atomic mass is 16.4. The van der Waals surface area contributed by atoms with Crippen molar-refractivity contribution < 1.29 is 24.6 Å². The fourth-order valence-corrected chi connectivity index (χ4v) is 2.99. The van der Waals surface area contributed by atoms with E-state index in [9.17, 15) is 24.6 Å². The Labute approximate surface area is 156 Å². The standard InChI is InChI=1S/C20H35NO5/c1-2-3-4-5-7-10-13-16(19(23)24)17(20(25)26)14-11-8-6-9-12-15-18(21)22/h2-15H2,1H3,(H2,21,22)(H,23,24)(H,25,26)/b17-16-. The summed E-state index contributed by atoms with van der Waals surface area (Å²) in [5.74, 6) is -2.54. The summed E-state index contributed by atoms with van der Waals surface area (Å²) in [6, 6.07) is 0. The van der Waals surface area contributed by atoms with E-state index in [0.717, 1.165) is 57.8 Å². The lowest BCUT2D eigenvalue weighted by atomic mass is 9.96. The van der Waals surface area contributed by atoms with E-state index in [1.807, 2.05) is 0 Å². The van der Waals surface area contributed by atoms with Crippen LogP contribution in [0.3, 0.4) is 0 Å². The lowest BCUT2D eigenvalue weighted by molar-refractivity contribution is -0.136. The van der Waals surface area contributed by atoms with Crippen LogP contribution in [0, 0.1) is 0 Å². The molecule has 0 rings (SSSR count). The zero-order valence-electron chi connectivity index (χ0n) is 16.1. The minimum Gasteiger partial charge on any atom is -0.478 e. The van der Waals surface area contributed by atoms with Crippen LogP contribution in [0.25, 0.3) is 0 Å². The Morgan fingerprint density at radius 1 is 0.615 bits per heavy atom. The number of primary amides is 1. The fraction of sp³-hybridized carbons (Fsp3) is 0.750. The van der Waals surface area contributed by atoms with Crippen molar-refractivity contribution in [2.45, 2.75) is 96.8 Å². The molecule has 150 valence electrons. The summed E-state index contributed by atoms with van der Waals surface area (Å²) in [5.41, 5.74) is 5.18. The van der Waals surface area contributed by atoms with Crippen LogP contribution in [0.1, 0.15) is 96.8 Å². The molecule has 0 spiro atoms. The molecule has 0 fully saturated rings. The smallest absolute Gasteiger partial charge is 0.332 e. The molecule has 0 saturated heterocycles. The van der Waals surface area contributed by atoms with Gasteiger partial charge >= 0.3 is 11.9 Å². The second kappa shape index (κ2) is 15.4. The molecule has 0 aliphatic carbocycles. The summed E-state index contributed by atoms with van der Waals surface area (Å²) < 4.78 is 0. The third kappa shape index (κ3) is 12.5. The molecule has 26 heavy (non-hydrogen) atoms. The van der Waals surface area contributed by atoms with E-state index in [1.165, 1.54) is 6.42 Å². The lowest BCUT2D eigenvalue weighted by Crippen LogP contribution is -2.12. The first-order chi connectivity index (χ1) is 12.4. The van der Waals surface area contributed by atoms with Gasteiger partial charge in [-0.05, 0) is 32.1 Å². The highest BCUT2D eigenvalue weighted by Crippen LogP contribution is 2.21. The maximum atomic E-state index is 11.5. The number of carboxylic acids is 2. The first kappa shape index (κ1) is 24.1. The minimum atomic E-state index is -1.12. The van der Waals surface area contributed by atoms with Gasteiger partial charge in [-0.2, -0.15) is 0 Å². The molecule has 0 atom stereocenters. The Bertz CT molecular complexity index is 471. The number of carbonyl (C=O) groups excluding carboxylic acids is 1. The zero-order valence-corrected chi connectivity index (χ0v) is 16.1. The van der Waals surface area contributed by atoms with E-state index in [2.05, 4.69) is 6.92 Å². The molecule has 4 N–H and O–H groups in total. The van der Waals surface area contributed by atoms with E-state index < -0.39 is 11.9 Å². The number of carboxylic acid groups (broad SMARTS) is 2. The number of hydrogen-bond donors (Lipinski definition) is 3. The fourth-order valence-electron chi connectivity index (χ4n) is 2.99. The SMILES string of the molecule is CCCCCCCC/C(C(=O)O)=C(\CCCCCCCC(N)=O)C(=O)O. The maximum Gasteiger partial charge on any atom is 0.332 e. The number of aliphatic carboxylic acids is 2. The van der Waals surface area contributed by atoms with Crippen molar-refractivity contribution in [3.8, 4) is 0 Å². The number of rotatable bonds is 17. The Balaban J connectivity index is 4.38. The predicted octanol–water partition coefficient (Wildman–Crippen LogP) is 4.42. The highest BCUT2D eigenvalue weighted by Gasteiger charge is 2.19. The largest absolute Gasteiger partial charge is 0.478 e. The Kier molecular flexibility index (Phi) is 14.3. The van der Waals surface area contributed by atoms with E-state index in [-0.39, 0.29) is 23.5 Å². The molecule has 0 aliphatic heterocycles. The molecule has 0 bridgehead atoms. The van der Waals surface area contributed by atoms with Crippen LogP contribution < -0.4 is 5.73 Å². The van der Waals surface area contributed by atoms with E-state index in [0.29, 0.717) is 19.3 Å². The van der Waals surface area contributed by atoms with Crippen molar-refractivity contribution in [2.75, 3.05) is 0 Å². The molecule has 6 nitrogen and oxygen atoms in total. The van der Waals surface area contributed by atoms with Crippen LogP contribution in [-0.2, 0) is 14.4 Å². The quantitative estimate of drug-likeness (QED) is 0.259. The van der Waals surface area contributed by atoms with Gasteiger partial charge in [0.2, 0.25) is 5.91 Å². The van der Waals surface area contributed by atoms with E-state index in [4.69, 9.17) is 5.73 Å². The van der Waals surface area contributed by atoms with Crippen LogP contribution in [0.2, 0.25) is 0 Å². The number of unbranched alkanes of at least 4 members (excludes halogenated alkanes) is 9. The molecule has 0 aromatic rings. The average Bonchev–Trinajstić information content (AvgIpc) is 2.57. The predicted molar refractivity (Wildman–Crippen MR) is 102 cm³/mol. The Morgan fingerprint density at radius 2 is 0.962 bits per heavy atom. The van der Waals surface area contributed by atoms with Gasteiger partial charge in [0.25, 0.3) is 0 Å². The molecule has 0 aliphatic rings. The van der Waals surface area contributed by atoms with Crippen molar-refractivity contribution in [3.63, 3.8) is 0 Å². The highest BCUT2D eigenvalue weighted by molar-refractivity contribution is 5.98. The van der Waals surface area contributed by atoms with Crippen LogP contribution in [0.15, 0.2) is 11.1 Å². The maximum absolute atomic E-state index is 11.5. The van der Waals surface area contributed by atoms with Gasteiger partial charge < -0.3 is 15.9 Å². The third-order valence-corrected chi connectivity index (χ3v) is 4.51. The Hall–Kier alpha value is -1.85. The summed E-state index contributed by atoms with van der Waals surface area (Å²) in [5, 5.41) is 18.8. The molecule has 0 aromatic heterocycles.